The molecule has 0 saturated carbocycles. The summed E-state index contributed by atoms with van der Waals surface area (Å²) in [6, 6.07) is 14.1. The molecule has 11 heteroatoms. The van der Waals surface area contributed by atoms with Gasteiger partial charge in [-0.2, -0.15) is 5.26 Å². The number of hydrogen-bond donors (Lipinski definition) is 2. The smallest absolute Gasteiger partial charge is 0.266 e. The van der Waals surface area contributed by atoms with Crippen LogP contribution in [0, 0.1) is 25.2 Å². The summed E-state index contributed by atoms with van der Waals surface area (Å²) in [5, 5.41) is 12.1. The fourth-order valence-electron chi connectivity index (χ4n) is 3.23. The van der Waals surface area contributed by atoms with Crippen LogP contribution >= 0.6 is 0 Å². The van der Waals surface area contributed by atoms with E-state index in [-0.39, 0.29) is 16.4 Å². The van der Waals surface area contributed by atoms with E-state index < -0.39 is 15.9 Å². The maximum Gasteiger partial charge on any atom is 0.266 e. The number of carbonyl (C=O) groups is 1. The van der Waals surface area contributed by atoms with Gasteiger partial charge in [0.2, 0.25) is 5.95 Å². The normalized spacial score (nSPS) is 11.4. The van der Waals surface area contributed by atoms with E-state index in [0.29, 0.717) is 40.7 Å². The largest absolute Gasteiger partial charge is 0.493 e. The van der Waals surface area contributed by atoms with Gasteiger partial charge in [0.15, 0.2) is 11.5 Å². The van der Waals surface area contributed by atoms with E-state index >= 15 is 0 Å². The first-order valence-corrected chi connectivity index (χ1v) is 12.3. The zero-order valence-electron chi connectivity index (χ0n) is 20.2. The predicted molar refractivity (Wildman–Crippen MR) is 135 cm³/mol. The Labute approximate surface area is 209 Å². The van der Waals surface area contributed by atoms with Crippen molar-refractivity contribution in [1.29, 1.82) is 5.26 Å². The first-order chi connectivity index (χ1) is 17.1. The molecule has 1 amide bonds. The van der Waals surface area contributed by atoms with Gasteiger partial charge >= 0.3 is 0 Å². The number of anilines is 2. The van der Waals surface area contributed by atoms with Crippen molar-refractivity contribution in [3.8, 4) is 17.6 Å². The van der Waals surface area contributed by atoms with E-state index in [4.69, 9.17) is 9.47 Å². The summed E-state index contributed by atoms with van der Waals surface area (Å²) in [6.07, 6.45) is 1.42. The number of methoxy groups -OCH3 is 1. The van der Waals surface area contributed by atoms with E-state index in [1.807, 2.05) is 13.0 Å². The lowest BCUT2D eigenvalue weighted by atomic mass is 10.1. The topological polar surface area (TPSA) is 143 Å². The van der Waals surface area contributed by atoms with Crippen LogP contribution in [0.2, 0.25) is 0 Å². The second-order valence-corrected chi connectivity index (χ2v) is 9.25. The third-order valence-corrected chi connectivity index (χ3v) is 6.14. The highest BCUT2D eigenvalue weighted by Crippen LogP contribution is 2.29. The number of ether oxygens (including phenoxy) is 2. The lowest BCUT2D eigenvalue weighted by Crippen LogP contribution is -2.16. The summed E-state index contributed by atoms with van der Waals surface area (Å²) >= 11 is 0. The van der Waals surface area contributed by atoms with Crippen LogP contribution < -0.4 is 19.5 Å². The molecule has 0 aliphatic carbocycles. The van der Waals surface area contributed by atoms with Gasteiger partial charge in [0.25, 0.3) is 15.9 Å². The Kier molecular flexibility index (Phi) is 8.24. The minimum absolute atomic E-state index is 0.0281. The molecule has 10 nitrogen and oxygen atoms in total. The molecule has 0 radical (unpaired) electrons. The fraction of sp³-hybridized carbons (Fsp3) is 0.200. The number of aryl methyl sites for hydroxylation is 2. The van der Waals surface area contributed by atoms with Crippen molar-refractivity contribution in [1.82, 2.24) is 9.97 Å². The monoisotopic (exact) mass is 507 g/mol. The summed E-state index contributed by atoms with van der Waals surface area (Å²) in [7, 11) is -2.44. The van der Waals surface area contributed by atoms with Crippen molar-refractivity contribution < 1.29 is 22.7 Å². The Balaban J connectivity index is 1.74. The van der Waals surface area contributed by atoms with Crippen molar-refractivity contribution in [2.24, 2.45) is 0 Å². The summed E-state index contributed by atoms with van der Waals surface area (Å²) in [5.41, 5.74) is 1.99. The van der Waals surface area contributed by atoms with E-state index in [1.165, 1.54) is 37.5 Å². The molecule has 3 rings (SSSR count). The molecule has 36 heavy (non-hydrogen) atoms. The van der Waals surface area contributed by atoms with Crippen molar-refractivity contribution in [2.75, 3.05) is 23.8 Å². The Hall–Kier alpha value is -4.43. The van der Waals surface area contributed by atoms with Crippen LogP contribution in [0.3, 0.4) is 0 Å². The molecule has 2 N–H and O–H groups in total. The highest BCUT2D eigenvalue weighted by Gasteiger charge is 2.17. The Morgan fingerprint density at radius 3 is 2.31 bits per heavy atom. The first-order valence-electron chi connectivity index (χ1n) is 10.8. The number of nitrogens with one attached hydrogen (secondary N) is 2. The minimum Gasteiger partial charge on any atom is -0.493 e. The average molecular weight is 508 g/mol. The fourth-order valence-corrected chi connectivity index (χ4v) is 4.17. The van der Waals surface area contributed by atoms with Crippen LogP contribution in [0.1, 0.15) is 23.9 Å². The molecule has 0 spiro atoms. The summed E-state index contributed by atoms with van der Waals surface area (Å²) < 4.78 is 38.5. The quantitative estimate of drug-likeness (QED) is 0.328. The van der Waals surface area contributed by atoms with Crippen molar-refractivity contribution in [3.63, 3.8) is 0 Å². The molecule has 0 aliphatic rings. The first kappa shape index (κ1) is 26.2. The number of benzene rings is 2. The molecule has 0 bridgehead atoms. The van der Waals surface area contributed by atoms with E-state index in [1.54, 1.807) is 38.1 Å². The molecule has 0 saturated heterocycles. The van der Waals surface area contributed by atoms with Gasteiger partial charge in [-0.1, -0.05) is 6.07 Å². The summed E-state index contributed by atoms with van der Waals surface area (Å²) in [4.78, 5) is 20.8. The number of amides is 1. The van der Waals surface area contributed by atoms with E-state index in [0.717, 1.165) is 0 Å². The predicted octanol–water partition coefficient (Wildman–Crippen LogP) is 3.85. The third-order valence-electron chi connectivity index (χ3n) is 4.79. The number of rotatable bonds is 9. The van der Waals surface area contributed by atoms with Gasteiger partial charge in [0.1, 0.15) is 11.6 Å². The number of sulfonamides is 1. The van der Waals surface area contributed by atoms with E-state index in [9.17, 15) is 18.5 Å². The molecular weight excluding hydrogens is 482 g/mol. The van der Waals surface area contributed by atoms with Crippen molar-refractivity contribution >= 4 is 33.6 Å². The molecule has 2 aromatic carbocycles. The van der Waals surface area contributed by atoms with Gasteiger partial charge in [-0.05, 0) is 74.9 Å². The van der Waals surface area contributed by atoms with Gasteiger partial charge in [0.05, 0.1) is 18.6 Å². The van der Waals surface area contributed by atoms with Gasteiger partial charge in [-0.15, -0.1) is 0 Å². The minimum atomic E-state index is -3.94. The molecular formula is C25H25N5O5S. The number of nitriles is 1. The van der Waals surface area contributed by atoms with Crippen LogP contribution in [-0.2, 0) is 14.8 Å². The molecule has 1 aromatic heterocycles. The number of aromatic nitrogens is 2. The van der Waals surface area contributed by atoms with E-state index in [2.05, 4.69) is 20.0 Å². The lowest BCUT2D eigenvalue weighted by molar-refractivity contribution is -0.112. The molecule has 1 heterocycles. The Morgan fingerprint density at radius 2 is 1.72 bits per heavy atom. The van der Waals surface area contributed by atoms with Crippen LogP contribution in [0.5, 0.6) is 11.5 Å². The lowest BCUT2D eigenvalue weighted by Gasteiger charge is -2.10. The standard InChI is InChI=1S/C25H25N5O5S/c1-5-35-22-11-6-18(14-23(22)34-4)13-19(15-26)24(31)29-20-7-9-21(10-8-20)36(32,33)30-25-27-16(2)12-17(3)28-25/h6-14H,5H2,1-4H3,(H,29,31)(H,27,28,30)/b19-13+. The zero-order chi connectivity index (χ0) is 26.3. The second kappa shape index (κ2) is 11.3. The van der Waals surface area contributed by atoms with Gasteiger partial charge in [-0.3, -0.25) is 4.79 Å². The summed E-state index contributed by atoms with van der Waals surface area (Å²) in [5.74, 6) is 0.344. The van der Waals surface area contributed by atoms with Gasteiger partial charge in [0, 0.05) is 17.1 Å². The maximum absolute atomic E-state index is 12.7. The highest BCUT2D eigenvalue weighted by atomic mass is 32.2. The number of hydrogen-bond acceptors (Lipinski definition) is 8. The molecule has 3 aromatic rings. The van der Waals surface area contributed by atoms with Crippen molar-refractivity contribution in [3.05, 3.63) is 71.1 Å². The number of nitrogens with zero attached hydrogens (tertiary/aromatic N) is 3. The second-order valence-electron chi connectivity index (χ2n) is 7.57. The third kappa shape index (κ3) is 6.58. The molecule has 186 valence electrons. The van der Waals surface area contributed by atoms with Gasteiger partial charge < -0.3 is 14.8 Å². The SMILES string of the molecule is CCOc1ccc(/C=C(\C#N)C(=O)Nc2ccc(S(=O)(=O)Nc3nc(C)cc(C)n3)cc2)cc1OC. The van der Waals surface area contributed by atoms with Gasteiger partial charge in [-0.25, -0.2) is 23.1 Å². The summed E-state index contributed by atoms with van der Waals surface area (Å²) in [6.45, 7) is 5.79. The van der Waals surface area contributed by atoms with Crippen molar-refractivity contribution in [2.45, 2.75) is 25.7 Å². The Morgan fingerprint density at radius 1 is 1.06 bits per heavy atom. The van der Waals surface area contributed by atoms with Crippen LogP contribution in [0.4, 0.5) is 11.6 Å². The average Bonchev–Trinajstić information content (AvgIpc) is 2.82. The molecule has 0 aliphatic heterocycles. The number of carbonyl (C=O) groups excluding carboxylic acids is 1. The zero-order valence-corrected chi connectivity index (χ0v) is 21.0. The molecule has 0 fully saturated rings. The highest BCUT2D eigenvalue weighted by molar-refractivity contribution is 7.92. The van der Waals surface area contributed by atoms with Crippen LogP contribution in [0.25, 0.3) is 6.08 Å². The van der Waals surface area contributed by atoms with Crippen LogP contribution in [0.15, 0.2) is 59.0 Å². The Bertz CT molecular complexity index is 1420. The van der Waals surface area contributed by atoms with Crippen LogP contribution in [-0.4, -0.2) is 38.0 Å². The molecule has 0 unspecified atom stereocenters. The molecule has 0 atom stereocenters. The maximum atomic E-state index is 12.7.